The zero-order chi connectivity index (χ0) is 47.1. The van der Waals surface area contributed by atoms with Gasteiger partial charge in [0.25, 0.3) is 0 Å². The van der Waals surface area contributed by atoms with E-state index in [4.69, 9.17) is 33.2 Å². The molecule has 0 bridgehead atoms. The van der Waals surface area contributed by atoms with Crippen LogP contribution in [-0.2, 0) is 33.2 Å². The quantitative estimate of drug-likeness (QED) is 0.106. The zero-order valence-electron chi connectivity index (χ0n) is 40.6. The van der Waals surface area contributed by atoms with E-state index in [2.05, 4.69) is 16.0 Å². The number of likely N-dealkylation sites (N-methyl/N-ethyl adjacent to an activating group) is 2. The average Bonchev–Trinajstić information content (AvgIpc) is 3.23. The summed E-state index contributed by atoms with van der Waals surface area (Å²) in [5, 5.41) is 58.5. The lowest BCUT2D eigenvalue weighted by molar-refractivity contribution is -0.335. The van der Waals surface area contributed by atoms with Gasteiger partial charge in [0.2, 0.25) is 0 Å². The molecule has 63 heavy (non-hydrogen) atoms. The molecule has 16 nitrogen and oxygen atoms in total. The summed E-state index contributed by atoms with van der Waals surface area (Å²) in [6.45, 7) is 19.8. The second kappa shape index (κ2) is 22.6. The van der Waals surface area contributed by atoms with E-state index in [-0.39, 0.29) is 43.9 Å². The van der Waals surface area contributed by atoms with Gasteiger partial charge >= 0.3 is 5.97 Å². The van der Waals surface area contributed by atoms with Crippen LogP contribution in [0.15, 0.2) is 30.3 Å². The molecule has 3 saturated heterocycles. The van der Waals surface area contributed by atoms with Gasteiger partial charge in [0.15, 0.2) is 18.7 Å². The Morgan fingerprint density at radius 3 is 2.22 bits per heavy atom. The Hall–Kier alpha value is -2.03. The Morgan fingerprint density at radius 2 is 1.62 bits per heavy atom. The average molecular weight is 897 g/mol. The molecule has 0 amide bonds. The maximum absolute atomic E-state index is 14.5. The molecular formula is C47H84N4O12. The van der Waals surface area contributed by atoms with E-state index in [0.29, 0.717) is 25.3 Å². The van der Waals surface area contributed by atoms with Gasteiger partial charge in [-0.25, -0.2) is 0 Å². The molecule has 0 radical (unpaired) electrons. The number of ether oxygens (including phenoxy) is 7. The number of cyclic esters (lactones) is 1. The van der Waals surface area contributed by atoms with Crippen molar-refractivity contribution in [2.45, 2.75) is 185 Å². The molecule has 3 fully saturated rings. The summed E-state index contributed by atoms with van der Waals surface area (Å²) in [6.07, 6.45) is -6.93. The summed E-state index contributed by atoms with van der Waals surface area (Å²) >= 11 is 0. The summed E-state index contributed by atoms with van der Waals surface area (Å²) in [5.74, 6) is -2.01. The Morgan fingerprint density at radius 1 is 0.952 bits per heavy atom. The van der Waals surface area contributed by atoms with E-state index in [1.54, 1.807) is 41.7 Å². The van der Waals surface area contributed by atoms with Gasteiger partial charge in [-0.05, 0) is 113 Å². The van der Waals surface area contributed by atoms with Crippen LogP contribution in [0.3, 0.4) is 0 Å². The van der Waals surface area contributed by atoms with E-state index < -0.39 is 95.5 Å². The molecule has 3 heterocycles. The standard InChI is InChI=1S/C47H84N4O12/c1-15-36-46(10,55)40(52)32(6)50-26-28(2)24-44(8,54)41(63-43-39(35(48-11)23-29(3)58-43)60-34-19-17-16-18-20-34)30(4)38(31(5)42(53)61-36)62-37-25-45(9,57-14)47(56,33(7)59-37)27-49-21-22-51(12)13/h16-20,28-33,35-41,43,48-50,52,54-56H,15,21-27H2,1-14H3/t28-,29-,30+,31-,32-,33+,35+,36-,37+,38+,39-,40-,41-,43+,44-,45-,46-,47+/m1/s1. The lowest BCUT2D eigenvalue weighted by atomic mass is 9.75. The number of rotatable bonds is 14. The number of hydrogen-bond donors (Lipinski definition) is 7. The van der Waals surface area contributed by atoms with Crippen molar-refractivity contribution >= 4 is 5.97 Å². The minimum atomic E-state index is -1.82. The molecule has 0 saturated carbocycles. The Balaban J connectivity index is 1.82. The molecule has 0 spiro atoms. The van der Waals surface area contributed by atoms with E-state index in [1.165, 1.54) is 6.92 Å². The first-order valence-corrected chi connectivity index (χ1v) is 23.1. The number of hydrogen-bond acceptors (Lipinski definition) is 16. The Kier molecular flexibility index (Phi) is 19.3. The third-order valence-corrected chi connectivity index (χ3v) is 14.1. The summed E-state index contributed by atoms with van der Waals surface area (Å²) in [5.41, 5.74) is -6.01. The topological polar surface area (TPSA) is 202 Å². The molecule has 7 N–H and O–H groups in total. The van der Waals surface area contributed by atoms with Crippen LogP contribution in [-0.4, -0.2) is 176 Å². The van der Waals surface area contributed by atoms with Crippen LogP contribution in [0.1, 0.15) is 94.9 Å². The predicted octanol–water partition coefficient (Wildman–Crippen LogP) is 2.82. The molecule has 0 aromatic heterocycles. The van der Waals surface area contributed by atoms with Crippen molar-refractivity contribution in [1.82, 2.24) is 20.9 Å². The van der Waals surface area contributed by atoms with E-state index >= 15 is 0 Å². The normalized spacial score (nSPS) is 43.8. The smallest absolute Gasteiger partial charge is 0.311 e. The van der Waals surface area contributed by atoms with Crippen LogP contribution < -0.4 is 20.7 Å². The first-order valence-electron chi connectivity index (χ1n) is 23.1. The first-order chi connectivity index (χ1) is 29.4. The number of esters is 1. The third kappa shape index (κ3) is 12.9. The highest BCUT2D eigenvalue weighted by atomic mass is 16.7. The van der Waals surface area contributed by atoms with Crippen LogP contribution >= 0.6 is 0 Å². The van der Waals surface area contributed by atoms with Crippen molar-refractivity contribution in [3.8, 4) is 5.75 Å². The molecular weight excluding hydrogens is 813 g/mol. The molecule has 18 atom stereocenters. The second-order valence-corrected chi connectivity index (χ2v) is 19.8. The number of nitrogens with zero attached hydrogens (tertiary/aromatic N) is 1. The molecule has 4 rings (SSSR count). The monoisotopic (exact) mass is 897 g/mol. The van der Waals surface area contributed by atoms with Crippen molar-refractivity contribution in [3.63, 3.8) is 0 Å². The highest BCUT2D eigenvalue weighted by Crippen LogP contribution is 2.43. The van der Waals surface area contributed by atoms with Gasteiger partial charge < -0.3 is 74.4 Å². The van der Waals surface area contributed by atoms with Crippen LogP contribution in [0.4, 0.5) is 0 Å². The minimum Gasteiger partial charge on any atom is -0.483 e. The van der Waals surface area contributed by atoms with Gasteiger partial charge in [-0.2, -0.15) is 0 Å². The van der Waals surface area contributed by atoms with Crippen molar-refractivity contribution < 1.29 is 58.4 Å². The summed E-state index contributed by atoms with van der Waals surface area (Å²) < 4.78 is 46.0. The molecule has 0 aliphatic carbocycles. The van der Waals surface area contributed by atoms with Gasteiger partial charge in [-0.1, -0.05) is 39.0 Å². The van der Waals surface area contributed by atoms with Gasteiger partial charge in [-0.15, -0.1) is 0 Å². The van der Waals surface area contributed by atoms with Crippen LogP contribution in [0, 0.1) is 17.8 Å². The minimum absolute atomic E-state index is 0.0891. The molecule has 1 aromatic carbocycles. The van der Waals surface area contributed by atoms with Crippen LogP contribution in [0.25, 0.3) is 0 Å². The summed E-state index contributed by atoms with van der Waals surface area (Å²) in [7, 11) is 7.38. The first kappa shape index (κ1) is 53.6. The molecule has 0 unspecified atom stereocenters. The fourth-order valence-corrected chi connectivity index (χ4v) is 9.91. The third-order valence-electron chi connectivity index (χ3n) is 14.1. The fourth-order valence-electron chi connectivity index (χ4n) is 9.91. The SMILES string of the molecule is CC[C@H]1OC(=O)[C@H](C)[C@@H](O[C@H]2C[C@@](C)(OC)[C@](O)(CNCCN(C)C)[C@H](C)O2)[C@H](C)[C@@H](O[C@@H]2O[C@H](C)C[C@H](NC)[C@H]2Oc2ccccc2)[C@](C)(O)C[C@@H](C)CN[C@H](C)[C@@H](O)[C@]1(C)O. The molecule has 364 valence electrons. The summed E-state index contributed by atoms with van der Waals surface area (Å²) in [4.78, 5) is 16.6. The fraction of sp³-hybridized carbons (Fsp3) is 0.851. The lowest BCUT2D eigenvalue weighted by Gasteiger charge is -2.53. The number of aliphatic hydroxyl groups is 4. The van der Waals surface area contributed by atoms with E-state index in [9.17, 15) is 25.2 Å². The largest absolute Gasteiger partial charge is 0.483 e. The maximum Gasteiger partial charge on any atom is 0.311 e. The second-order valence-electron chi connectivity index (χ2n) is 19.8. The van der Waals surface area contributed by atoms with E-state index in [0.717, 1.165) is 6.54 Å². The van der Waals surface area contributed by atoms with Crippen molar-refractivity contribution in [2.75, 3.05) is 54.4 Å². The number of carbonyl (C=O) groups excluding carboxylic acids is 1. The predicted molar refractivity (Wildman–Crippen MR) is 240 cm³/mol. The molecule has 1 aromatic rings. The molecule has 3 aliphatic heterocycles. The maximum atomic E-state index is 14.5. The number of benzene rings is 1. The summed E-state index contributed by atoms with van der Waals surface area (Å²) in [6, 6.07) is 8.66. The number of para-hydroxylation sites is 1. The highest BCUT2D eigenvalue weighted by molar-refractivity contribution is 5.73. The molecule has 3 aliphatic rings. The van der Waals surface area contributed by atoms with Crippen molar-refractivity contribution in [2.24, 2.45) is 17.8 Å². The number of aliphatic hydroxyl groups excluding tert-OH is 1. The highest BCUT2D eigenvalue weighted by Gasteiger charge is 2.58. The van der Waals surface area contributed by atoms with Gasteiger partial charge in [-0.3, -0.25) is 4.79 Å². The van der Waals surface area contributed by atoms with E-state index in [1.807, 2.05) is 84.1 Å². The Bertz CT molecular complexity index is 1540. The van der Waals surface area contributed by atoms with Crippen molar-refractivity contribution in [1.29, 1.82) is 0 Å². The number of carbonyl (C=O) groups is 1. The zero-order valence-corrected chi connectivity index (χ0v) is 40.6. The van der Waals surface area contributed by atoms with Gasteiger partial charge in [0.05, 0.1) is 42.0 Å². The van der Waals surface area contributed by atoms with Gasteiger partial charge in [0.1, 0.15) is 34.8 Å². The molecule has 16 heteroatoms. The Labute approximate surface area is 377 Å². The van der Waals surface area contributed by atoms with Crippen molar-refractivity contribution in [3.05, 3.63) is 30.3 Å². The van der Waals surface area contributed by atoms with Crippen LogP contribution in [0.2, 0.25) is 0 Å². The van der Waals surface area contributed by atoms with Gasteiger partial charge in [0, 0.05) is 45.1 Å². The number of nitrogens with one attached hydrogen (secondary N) is 3. The lowest BCUT2D eigenvalue weighted by Crippen LogP contribution is -2.70. The number of methoxy groups -OCH3 is 1. The van der Waals surface area contributed by atoms with Crippen LogP contribution in [0.5, 0.6) is 5.75 Å².